The molecule has 2 rings (SSSR count). The second kappa shape index (κ2) is 14.7. The van der Waals surface area contributed by atoms with E-state index in [1.165, 1.54) is 7.11 Å². The Hall–Kier alpha value is -0.853. The summed E-state index contributed by atoms with van der Waals surface area (Å²) in [6, 6.07) is 0. The molecule has 0 aliphatic carbocycles. The summed E-state index contributed by atoms with van der Waals surface area (Å²) in [5.41, 5.74) is 0. The van der Waals surface area contributed by atoms with Gasteiger partial charge in [-0.15, -0.1) is 0 Å². The van der Waals surface area contributed by atoms with E-state index in [0.717, 1.165) is 0 Å². The summed E-state index contributed by atoms with van der Waals surface area (Å²) in [6.07, 6.45) is 3.00. The summed E-state index contributed by atoms with van der Waals surface area (Å²) >= 11 is 0. The molecule has 2 fully saturated rings. The van der Waals surface area contributed by atoms with Crippen molar-refractivity contribution in [1.82, 2.24) is 0 Å². The Morgan fingerprint density at radius 1 is 1.05 bits per heavy atom. The highest BCUT2D eigenvalue weighted by Crippen LogP contribution is 2.39. The molecule has 0 spiro atoms. The van der Waals surface area contributed by atoms with Crippen LogP contribution in [0.1, 0.15) is 53.9 Å². The number of esters is 1. The molecule has 0 radical (unpaired) electrons. The minimum Gasteiger partial charge on any atom is -0.469 e. The summed E-state index contributed by atoms with van der Waals surface area (Å²) in [7, 11) is 4.26. The average Bonchev–Trinajstić information content (AvgIpc) is 2.85. The van der Waals surface area contributed by atoms with Gasteiger partial charge in [0.2, 0.25) is 0 Å². The number of carbonyl (C=O) groups is 1. The minimum atomic E-state index is -2.02. The van der Waals surface area contributed by atoms with Gasteiger partial charge in [0, 0.05) is 40.1 Å². The molecule has 0 bridgehead atoms. The number of hydrogen-bond acceptors (Lipinski definition) is 9. The molecule has 0 unspecified atom stereocenters. The van der Waals surface area contributed by atoms with E-state index in [1.54, 1.807) is 21.3 Å². The van der Waals surface area contributed by atoms with E-state index < -0.39 is 20.7 Å². The first-order valence-electron chi connectivity index (χ1n) is 13.7. The zero-order chi connectivity index (χ0) is 28.7. The van der Waals surface area contributed by atoms with Gasteiger partial charge in [-0.3, -0.25) is 4.79 Å². The van der Waals surface area contributed by atoms with Crippen LogP contribution in [-0.2, 0) is 42.4 Å². The standard InChI is InChI=1S/C28H52O9Si/c1-12-13-19(37-38(10,11)28(3,4)5)14-20-15-21(18(2)22(35-20)16-24(29)31-7)36-27-26(33-9)25(32-8)23(30-6)17-34-27/h12-13,18-23,25-27H,14-17H2,1-11H3/b13-12+/t18-,19-,20-,21+,22+,23-,25+,26-,27+/m1/s1. The second-order valence-corrected chi connectivity index (χ2v) is 16.7. The third-order valence-corrected chi connectivity index (χ3v) is 12.8. The van der Waals surface area contributed by atoms with Crippen molar-refractivity contribution in [3.05, 3.63) is 12.2 Å². The summed E-state index contributed by atoms with van der Waals surface area (Å²) < 4.78 is 47.8. The Morgan fingerprint density at radius 3 is 2.24 bits per heavy atom. The van der Waals surface area contributed by atoms with Gasteiger partial charge in [-0.2, -0.15) is 0 Å². The van der Waals surface area contributed by atoms with Crippen LogP contribution < -0.4 is 0 Å². The second-order valence-electron chi connectivity index (χ2n) is 11.9. The van der Waals surface area contributed by atoms with Gasteiger partial charge in [-0.25, -0.2) is 0 Å². The molecular weight excluding hydrogens is 508 g/mol. The number of allylic oxidation sites excluding steroid dienone is 1. The van der Waals surface area contributed by atoms with Crippen molar-refractivity contribution in [2.24, 2.45) is 5.92 Å². The average molecular weight is 561 g/mol. The quantitative estimate of drug-likeness (QED) is 0.195. The Balaban J connectivity index is 2.25. The van der Waals surface area contributed by atoms with E-state index >= 15 is 0 Å². The molecule has 2 heterocycles. The lowest BCUT2D eigenvalue weighted by Gasteiger charge is -2.46. The number of hydrogen-bond donors (Lipinski definition) is 0. The summed E-state index contributed by atoms with van der Waals surface area (Å²) in [4.78, 5) is 12.3. The highest BCUT2D eigenvalue weighted by Gasteiger charge is 2.46. The zero-order valence-corrected chi connectivity index (χ0v) is 26.4. The molecular formula is C28H52O9Si. The maximum atomic E-state index is 12.3. The van der Waals surface area contributed by atoms with Crippen LogP contribution in [0.3, 0.4) is 0 Å². The Bertz CT molecular complexity index is 753. The molecule has 38 heavy (non-hydrogen) atoms. The largest absolute Gasteiger partial charge is 0.469 e. The maximum absolute atomic E-state index is 12.3. The van der Waals surface area contributed by atoms with Crippen molar-refractivity contribution >= 4 is 14.3 Å². The lowest BCUT2D eigenvalue weighted by molar-refractivity contribution is -0.308. The van der Waals surface area contributed by atoms with Gasteiger partial charge in [0.25, 0.3) is 0 Å². The van der Waals surface area contributed by atoms with Crippen LogP contribution in [-0.4, -0.2) is 98.4 Å². The van der Waals surface area contributed by atoms with Gasteiger partial charge in [0.05, 0.1) is 44.6 Å². The van der Waals surface area contributed by atoms with Crippen LogP contribution in [0.4, 0.5) is 0 Å². The number of carbonyl (C=O) groups excluding carboxylic acids is 1. The molecule has 9 atom stereocenters. The number of ether oxygens (including phenoxy) is 7. The fraction of sp³-hybridized carbons (Fsp3) is 0.893. The van der Waals surface area contributed by atoms with Crippen molar-refractivity contribution in [3.63, 3.8) is 0 Å². The molecule has 2 aliphatic rings. The van der Waals surface area contributed by atoms with Crippen molar-refractivity contribution in [2.45, 2.75) is 121 Å². The lowest BCUT2D eigenvalue weighted by Crippen LogP contribution is -2.58. The van der Waals surface area contributed by atoms with Gasteiger partial charge in [0.15, 0.2) is 14.6 Å². The molecule has 10 heteroatoms. The molecule has 0 saturated carbocycles. The minimum absolute atomic E-state index is 0.0749. The summed E-state index contributed by atoms with van der Waals surface area (Å²) in [5, 5.41) is 0.0826. The Labute approximate surface area is 230 Å². The molecule has 0 amide bonds. The smallest absolute Gasteiger partial charge is 0.308 e. The summed E-state index contributed by atoms with van der Waals surface area (Å²) in [5.74, 6) is -0.385. The van der Waals surface area contributed by atoms with Gasteiger partial charge < -0.3 is 37.6 Å². The van der Waals surface area contributed by atoms with Crippen LogP contribution in [0.25, 0.3) is 0 Å². The molecule has 2 saturated heterocycles. The van der Waals surface area contributed by atoms with E-state index in [-0.39, 0.29) is 60.0 Å². The van der Waals surface area contributed by atoms with Gasteiger partial charge in [0.1, 0.15) is 18.3 Å². The zero-order valence-electron chi connectivity index (χ0n) is 25.4. The lowest BCUT2D eigenvalue weighted by atomic mass is 9.86. The van der Waals surface area contributed by atoms with Crippen LogP contribution in [0.2, 0.25) is 18.1 Å². The third-order valence-electron chi connectivity index (χ3n) is 8.32. The highest BCUT2D eigenvalue weighted by molar-refractivity contribution is 6.74. The van der Waals surface area contributed by atoms with Gasteiger partial charge in [-0.1, -0.05) is 39.8 Å². The van der Waals surface area contributed by atoms with Crippen molar-refractivity contribution < 1.29 is 42.4 Å². The fourth-order valence-electron chi connectivity index (χ4n) is 4.92. The first-order chi connectivity index (χ1) is 17.8. The summed E-state index contributed by atoms with van der Waals surface area (Å²) in [6.45, 7) is 15.6. The van der Waals surface area contributed by atoms with Gasteiger partial charge >= 0.3 is 5.97 Å². The normalized spacial score (nSPS) is 33.9. The molecule has 0 aromatic heterocycles. The number of rotatable bonds is 12. The first kappa shape index (κ1) is 33.4. The van der Waals surface area contributed by atoms with Crippen molar-refractivity contribution in [1.29, 1.82) is 0 Å². The van der Waals surface area contributed by atoms with Crippen LogP contribution in [0.5, 0.6) is 0 Å². The molecule has 2 aliphatic heterocycles. The van der Waals surface area contributed by atoms with Crippen LogP contribution >= 0.6 is 0 Å². The Kier molecular flexibility index (Phi) is 12.9. The molecule has 0 N–H and O–H groups in total. The maximum Gasteiger partial charge on any atom is 0.308 e. The SMILES string of the molecule is C/C=C/[C@H](C[C@@H]1C[C@H](O[C@@H]2OC[C@@H](OC)[C@H](OC)[C@H]2OC)[C@@H](C)[C@H](CC(=O)OC)O1)O[Si](C)(C)C(C)(C)C. The number of methoxy groups -OCH3 is 4. The van der Waals surface area contributed by atoms with Crippen molar-refractivity contribution in [3.8, 4) is 0 Å². The molecule has 0 aromatic carbocycles. The van der Waals surface area contributed by atoms with Crippen LogP contribution in [0, 0.1) is 5.92 Å². The van der Waals surface area contributed by atoms with E-state index in [9.17, 15) is 4.79 Å². The highest BCUT2D eigenvalue weighted by atomic mass is 28.4. The predicted octanol–water partition coefficient (Wildman–Crippen LogP) is 4.49. The monoisotopic (exact) mass is 560 g/mol. The van der Waals surface area contributed by atoms with E-state index in [4.69, 9.17) is 37.6 Å². The molecule has 222 valence electrons. The van der Waals surface area contributed by atoms with E-state index in [1.807, 2.05) is 19.9 Å². The molecule has 9 nitrogen and oxygen atoms in total. The van der Waals surface area contributed by atoms with E-state index in [2.05, 4.69) is 39.9 Å². The molecule has 0 aromatic rings. The predicted molar refractivity (Wildman–Crippen MR) is 148 cm³/mol. The van der Waals surface area contributed by atoms with E-state index in [0.29, 0.717) is 19.4 Å². The first-order valence-corrected chi connectivity index (χ1v) is 16.6. The van der Waals surface area contributed by atoms with Crippen molar-refractivity contribution in [2.75, 3.05) is 35.0 Å². The third kappa shape index (κ3) is 8.57. The topological polar surface area (TPSA) is 90.9 Å². The van der Waals surface area contributed by atoms with Crippen LogP contribution in [0.15, 0.2) is 12.2 Å². The Morgan fingerprint density at radius 2 is 1.71 bits per heavy atom. The fourth-order valence-corrected chi connectivity index (χ4v) is 6.20. The van der Waals surface area contributed by atoms with Gasteiger partial charge in [-0.05, 0) is 25.1 Å².